The van der Waals surface area contributed by atoms with Gasteiger partial charge in [-0.05, 0) is 25.5 Å². The number of para-hydroxylation sites is 2. The molecule has 3 rings (SSSR count). The third-order valence-corrected chi connectivity index (χ3v) is 4.61. The standard InChI is InChI=1S/C20H27N5O2/c1-4-9-21-19-14-16(22-15(2)23-19)20(26)25-12-10-24(11-13-25)17-7-5-6-8-18(17)27-3/h5-8,14H,4,9-13H2,1-3H3,(H,21,22,23). The third-order valence-electron chi connectivity index (χ3n) is 4.61. The number of carbonyl (C=O) groups excluding carboxylic acids is 1. The highest BCUT2D eigenvalue weighted by molar-refractivity contribution is 5.93. The van der Waals surface area contributed by atoms with Crippen LogP contribution >= 0.6 is 0 Å². The second-order valence-corrected chi connectivity index (χ2v) is 6.56. The number of nitrogens with zero attached hydrogens (tertiary/aromatic N) is 4. The van der Waals surface area contributed by atoms with E-state index < -0.39 is 0 Å². The molecule has 7 heteroatoms. The van der Waals surface area contributed by atoms with Crippen molar-refractivity contribution in [2.24, 2.45) is 0 Å². The highest BCUT2D eigenvalue weighted by Crippen LogP contribution is 2.28. The van der Waals surface area contributed by atoms with Crippen LogP contribution in [0.3, 0.4) is 0 Å². The molecule has 1 aliphatic heterocycles. The Morgan fingerprint density at radius 3 is 2.63 bits per heavy atom. The second-order valence-electron chi connectivity index (χ2n) is 6.56. The lowest BCUT2D eigenvalue weighted by Gasteiger charge is -2.36. The lowest BCUT2D eigenvalue weighted by molar-refractivity contribution is 0.0740. The minimum Gasteiger partial charge on any atom is -0.495 e. The fraction of sp³-hybridized carbons (Fsp3) is 0.450. The van der Waals surface area contributed by atoms with E-state index >= 15 is 0 Å². The summed E-state index contributed by atoms with van der Waals surface area (Å²) >= 11 is 0. The second kappa shape index (κ2) is 8.70. The van der Waals surface area contributed by atoms with Crippen LogP contribution in [-0.4, -0.2) is 60.6 Å². The van der Waals surface area contributed by atoms with Crippen molar-refractivity contribution in [3.63, 3.8) is 0 Å². The Kier molecular flexibility index (Phi) is 6.11. The number of aromatic nitrogens is 2. The van der Waals surface area contributed by atoms with E-state index in [2.05, 4.69) is 33.2 Å². The number of rotatable bonds is 6. The molecular formula is C20H27N5O2. The highest BCUT2D eigenvalue weighted by Gasteiger charge is 2.25. The van der Waals surface area contributed by atoms with Crippen molar-refractivity contribution in [2.75, 3.05) is 50.1 Å². The molecule has 1 fully saturated rings. The quantitative estimate of drug-likeness (QED) is 0.844. The molecule has 0 bridgehead atoms. The van der Waals surface area contributed by atoms with Crippen LogP contribution in [-0.2, 0) is 0 Å². The van der Waals surface area contributed by atoms with E-state index in [-0.39, 0.29) is 5.91 Å². The van der Waals surface area contributed by atoms with Crippen LogP contribution in [0.4, 0.5) is 11.5 Å². The van der Waals surface area contributed by atoms with Gasteiger partial charge in [0.15, 0.2) is 0 Å². The zero-order chi connectivity index (χ0) is 19.2. The number of aryl methyl sites for hydroxylation is 1. The first-order valence-corrected chi connectivity index (χ1v) is 9.39. The molecule has 1 amide bonds. The largest absolute Gasteiger partial charge is 0.495 e. The van der Waals surface area contributed by atoms with Crippen molar-refractivity contribution in [2.45, 2.75) is 20.3 Å². The van der Waals surface area contributed by atoms with Crippen molar-refractivity contribution < 1.29 is 9.53 Å². The van der Waals surface area contributed by atoms with Crippen molar-refractivity contribution >= 4 is 17.4 Å². The van der Waals surface area contributed by atoms with Gasteiger partial charge in [0, 0.05) is 38.8 Å². The van der Waals surface area contributed by atoms with Gasteiger partial charge >= 0.3 is 0 Å². The summed E-state index contributed by atoms with van der Waals surface area (Å²) in [5, 5.41) is 3.23. The molecule has 27 heavy (non-hydrogen) atoms. The molecule has 2 heterocycles. The molecule has 0 saturated carbocycles. The lowest BCUT2D eigenvalue weighted by Crippen LogP contribution is -2.49. The summed E-state index contributed by atoms with van der Waals surface area (Å²) in [6.07, 6.45) is 0.997. The Morgan fingerprint density at radius 1 is 1.19 bits per heavy atom. The van der Waals surface area contributed by atoms with Crippen LogP contribution in [0.2, 0.25) is 0 Å². The Balaban J connectivity index is 1.67. The number of anilines is 2. The van der Waals surface area contributed by atoms with Gasteiger partial charge in [-0.3, -0.25) is 4.79 Å². The number of hydrogen-bond donors (Lipinski definition) is 1. The molecule has 1 aromatic carbocycles. The summed E-state index contributed by atoms with van der Waals surface area (Å²) in [6.45, 7) is 7.55. The molecule has 1 N–H and O–H groups in total. The van der Waals surface area contributed by atoms with Crippen LogP contribution < -0.4 is 15.0 Å². The monoisotopic (exact) mass is 369 g/mol. The predicted octanol–water partition coefficient (Wildman–Crippen LogP) is 2.58. The molecule has 144 valence electrons. The molecule has 2 aromatic rings. The molecule has 1 aliphatic rings. The zero-order valence-electron chi connectivity index (χ0n) is 16.2. The summed E-state index contributed by atoms with van der Waals surface area (Å²) < 4.78 is 5.45. The van der Waals surface area contributed by atoms with E-state index in [4.69, 9.17) is 4.74 Å². The maximum atomic E-state index is 12.9. The number of carbonyl (C=O) groups is 1. The number of piperazine rings is 1. The van der Waals surface area contributed by atoms with E-state index in [1.54, 1.807) is 13.2 Å². The molecular weight excluding hydrogens is 342 g/mol. The minimum atomic E-state index is -0.0419. The van der Waals surface area contributed by atoms with E-state index in [1.165, 1.54) is 0 Å². The van der Waals surface area contributed by atoms with Crippen LogP contribution in [0.25, 0.3) is 0 Å². The zero-order valence-corrected chi connectivity index (χ0v) is 16.2. The first kappa shape index (κ1) is 18.9. The van der Waals surface area contributed by atoms with E-state index in [1.807, 2.05) is 30.0 Å². The van der Waals surface area contributed by atoms with E-state index in [0.717, 1.165) is 37.5 Å². The van der Waals surface area contributed by atoms with Gasteiger partial charge in [0.25, 0.3) is 5.91 Å². The smallest absolute Gasteiger partial charge is 0.272 e. The normalized spacial score (nSPS) is 14.2. The predicted molar refractivity (Wildman–Crippen MR) is 107 cm³/mol. The maximum absolute atomic E-state index is 12.9. The van der Waals surface area contributed by atoms with Gasteiger partial charge in [-0.2, -0.15) is 0 Å². The SMILES string of the molecule is CCCNc1cc(C(=O)N2CCN(c3ccccc3OC)CC2)nc(C)n1. The fourth-order valence-corrected chi connectivity index (χ4v) is 3.22. The molecule has 0 unspecified atom stereocenters. The van der Waals surface area contributed by atoms with Gasteiger partial charge < -0.3 is 19.9 Å². The summed E-state index contributed by atoms with van der Waals surface area (Å²) in [7, 11) is 1.68. The Bertz CT molecular complexity index is 788. The van der Waals surface area contributed by atoms with Crippen LogP contribution in [0.15, 0.2) is 30.3 Å². The highest BCUT2D eigenvalue weighted by atomic mass is 16.5. The molecule has 1 saturated heterocycles. The number of amides is 1. The number of hydrogen-bond acceptors (Lipinski definition) is 6. The van der Waals surface area contributed by atoms with E-state index in [9.17, 15) is 4.79 Å². The first-order valence-electron chi connectivity index (χ1n) is 9.39. The minimum absolute atomic E-state index is 0.0419. The van der Waals surface area contributed by atoms with Crippen molar-refractivity contribution in [3.8, 4) is 5.75 Å². The number of nitrogens with one attached hydrogen (secondary N) is 1. The Morgan fingerprint density at radius 2 is 1.93 bits per heavy atom. The van der Waals surface area contributed by atoms with E-state index in [0.29, 0.717) is 30.4 Å². The lowest BCUT2D eigenvalue weighted by atomic mass is 10.2. The molecule has 1 aromatic heterocycles. The van der Waals surface area contributed by atoms with Gasteiger partial charge in [0.05, 0.1) is 12.8 Å². The van der Waals surface area contributed by atoms with Gasteiger partial charge in [0.1, 0.15) is 23.1 Å². The van der Waals surface area contributed by atoms with Crippen molar-refractivity contribution in [3.05, 3.63) is 41.9 Å². The molecule has 7 nitrogen and oxygen atoms in total. The molecule has 0 radical (unpaired) electrons. The number of methoxy groups -OCH3 is 1. The van der Waals surface area contributed by atoms with Gasteiger partial charge in [-0.1, -0.05) is 19.1 Å². The van der Waals surface area contributed by atoms with Crippen LogP contribution in [0.5, 0.6) is 5.75 Å². The maximum Gasteiger partial charge on any atom is 0.272 e. The van der Waals surface area contributed by atoms with Crippen LogP contribution in [0, 0.1) is 6.92 Å². The van der Waals surface area contributed by atoms with Gasteiger partial charge in [-0.25, -0.2) is 9.97 Å². The van der Waals surface area contributed by atoms with Crippen molar-refractivity contribution in [1.29, 1.82) is 0 Å². The number of ether oxygens (including phenoxy) is 1. The molecule has 0 aliphatic carbocycles. The first-order chi connectivity index (χ1) is 13.1. The van der Waals surface area contributed by atoms with Crippen LogP contribution in [0.1, 0.15) is 29.7 Å². The summed E-state index contributed by atoms with van der Waals surface area (Å²) in [5.41, 5.74) is 1.52. The average molecular weight is 369 g/mol. The summed E-state index contributed by atoms with van der Waals surface area (Å²) in [4.78, 5) is 25.7. The summed E-state index contributed by atoms with van der Waals surface area (Å²) in [5.74, 6) is 2.13. The molecule has 0 spiro atoms. The Hall–Kier alpha value is -2.83. The van der Waals surface area contributed by atoms with Crippen molar-refractivity contribution in [1.82, 2.24) is 14.9 Å². The number of benzene rings is 1. The van der Waals surface area contributed by atoms with Gasteiger partial charge in [0.2, 0.25) is 0 Å². The third kappa shape index (κ3) is 4.48. The topological polar surface area (TPSA) is 70.6 Å². The van der Waals surface area contributed by atoms with Gasteiger partial charge in [-0.15, -0.1) is 0 Å². The molecule has 0 atom stereocenters. The average Bonchev–Trinajstić information content (AvgIpc) is 2.71. The fourth-order valence-electron chi connectivity index (χ4n) is 3.22. The Labute approximate surface area is 160 Å². The summed E-state index contributed by atoms with van der Waals surface area (Å²) in [6, 6.07) is 9.72.